The number of hydrogen-bond acceptors (Lipinski definition) is 5. The van der Waals surface area contributed by atoms with E-state index in [4.69, 9.17) is 10.1 Å². The third-order valence-corrected chi connectivity index (χ3v) is 9.92. The lowest BCUT2D eigenvalue weighted by Gasteiger charge is -2.20. The Labute approximate surface area is 269 Å². The van der Waals surface area contributed by atoms with Crippen LogP contribution in [-0.2, 0) is 18.3 Å². The lowest BCUT2D eigenvalue weighted by molar-refractivity contribution is 0.102. The maximum absolute atomic E-state index is 13.9. The number of carbonyl (C=O) groups excluding carboxylic acids is 1. The van der Waals surface area contributed by atoms with Gasteiger partial charge in [-0.25, -0.2) is 4.98 Å². The Morgan fingerprint density at radius 1 is 1.05 bits per heavy atom. The summed E-state index contributed by atoms with van der Waals surface area (Å²) in [6.07, 6.45) is 5.84. The van der Waals surface area contributed by atoms with Gasteiger partial charge in [0.1, 0.15) is 10.8 Å². The summed E-state index contributed by atoms with van der Waals surface area (Å²) in [5.41, 5.74) is 6.69. The molecule has 1 N–H and O–H groups in total. The highest BCUT2D eigenvalue weighted by atomic mass is 79.9. The molecular formula is C35H36BrN5O2S. The Bertz CT molecular complexity index is 2010. The van der Waals surface area contributed by atoms with Crippen LogP contribution in [0, 0.1) is 20.8 Å². The van der Waals surface area contributed by atoms with Gasteiger partial charge in [0.15, 0.2) is 0 Å². The fourth-order valence-electron chi connectivity index (χ4n) is 5.87. The van der Waals surface area contributed by atoms with E-state index in [9.17, 15) is 9.59 Å². The van der Waals surface area contributed by atoms with Gasteiger partial charge >= 0.3 is 0 Å². The third-order valence-electron chi connectivity index (χ3n) is 8.15. The summed E-state index contributed by atoms with van der Waals surface area (Å²) >= 11 is 5.19. The largest absolute Gasteiger partial charge is 0.322 e. The van der Waals surface area contributed by atoms with Gasteiger partial charge in [-0.2, -0.15) is 9.78 Å². The number of hydrogen-bond donors (Lipinski definition) is 1. The topological polar surface area (TPSA) is 81.3 Å². The van der Waals surface area contributed by atoms with Crippen LogP contribution in [0.2, 0.25) is 0 Å². The third kappa shape index (κ3) is 5.59. The molecule has 2 aromatic carbocycles. The number of aromatic nitrogens is 3. The van der Waals surface area contributed by atoms with E-state index < -0.39 is 5.41 Å². The zero-order valence-corrected chi connectivity index (χ0v) is 28.3. The molecule has 0 fully saturated rings. The Balaban J connectivity index is 1.44. The summed E-state index contributed by atoms with van der Waals surface area (Å²) < 4.78 is 4.40. The van der Waals surface area contributed by atoms with Gasteiger partial charge in [0.05, 0.1) is 22.7 Å². The van der Waals surface area contributed by atoms with Crippen molar-refractivity contribution in [2.75, 3.05) is 5.32 Å². The first-order valence-electron chi connectivity index (χ1n) is 14.9. The predicted octanol–water partition coefficient (Wildman–Crippen LogP) is 8.25. The van der Waals surface area contributed by atoms with Crippen molar-refractivity contribution in [3.63, 3.8) is 0 Å². The van der Waals surface area contributed by atoms with Gasteiger partial charge in [-0.05, 0) is 88.4 Å². The number of thiophene rings is 1. The van der Waals surface area contributed by atoms with E-state index >= 15 is 0 Å². The standard InChI is InChI=1S/C35H36BrN5O2S/c1-20-11-14-25(15-12-20)38-31(42)30-26-9-7-8-10-29(26)44-33(30)40-21(2)17-23(22(40)3)19-37-41-32(43)27-18-24(36)13-16-28(27)39-34(41)35(4,5)6/h11-19H,7-10H2,1-6H3,(H,38,42). The second-order valence-electron chi connectivity index (χ2n) is 12.6. The zero-order valence-electron chi connectivity index (χ0n) is 25.9. The Kier molecular flexibility index (Phi) is 7.96. The summed E-state index contributed by atoms with van der Waals surface area (Å²) in [7, 11) is 0. The molecule has 0 radical (unpaired) electrons. The first-order chi connectivity index (χ1) is 20.9. The molecule has 1 amide bonds. The number of halogens is 1. The van der Waals surface area contributed by atoms with Crippen molar-refractivity contribution in [1.29, 1.82) is 0 Å². The smallest absolute Gasteiger partial charge is 0.282 e. The number of carbonyl (C=O) groups is 1. The monoisotopic (exact) mass is 669 g/mol. The van der Waals surface area contributed by atoms with E-state index in [2.05, 4.69) is 31.9 Å². The molecule has 5 aromatic rings. The fourth-order valence-corrected chi connectivity index (χ4v) is 7.72. The van der Waals surface area contributed by atoms with Gasteiger partial charge in [0.2, 0.25) is 0 Å². The van der Waals surface area contributed by atoms with Crippen LogP contribution in [0.3, 0.4) is 0 Å². The molecule has 6 rings (SSSR count). The van der Waals surface area contributed by atoms with Crippen molar-refractivity contribution in [2.45, 2.75) is 72.6 Å². The summed E-state index contributed by atoms with van der Waals surface area (Å²) in [6.45, 7) is 12.2. The molecule has 44 heavy (non-hydrogen) atoms. The van der Waals surface area contributed by atoms with Crippen LogP contribution in [-0.4, -0.2) is 26.3 Å². The average molecular weight is 671 g/mol. The molecule has 0 saturated carbocycles. The van der Waals surface area contributed by atoms with E-state index in [0.29, 0.717) is 16.7 Å². The molecule has 1 aliphatic rings. The van der Waals surface area contributed by atoms with Gasteiger partial charge in [-0.15, -0.1) is 11.3 Å². The summed E-state index contributed by atoms with van der Waals surface area (Å²) in [4.78, 5) is 33.7. The van der Waals surface area contributed by atoms with Crippen LogP contribution in [0.5, 0.6) is 0 Å². The van der Waals surface area contributed by atoms with Gasteiger partial charge in [-0.1, -0.05) is 54.4 Å². The second kappa shape index (κ2) is 11.6. The van der Waals surface area contributed by atoms with Crippen molar-refractivity contribution in [2.24, 2.45) is 5.10 Å². The van der Waals surface area contributed by atoms with Gasteiger partial charge in [0, 0.05) is 37.4 Å². The van der Waals surface area contributed by atoms with Gasteiger partial charge in [-0.3, -0.25) is 9.59 Å². The minimum absolute atomic E-state index is 0.0826. The molecule has 0 unspecified atom stereocenters. The maximum atomic E-state index is 13.9. The van der Waals surface area contributed by atoms with Gasteiger partial charge < -0.3 is 9.88 Å². The first-order valence-corrected chi connectivity index (χ1v) is 16.5. The second-order valence-corrected chi connectivity index (χ2v) is 14.6. The molecule has 7 nitrogen and oxygen atoms in total. The molecule has 0 spiro atoms. The number of nitrogens with one attached hydrogen (secondary N) is 1. The minimum Gasteiger partial charge on any atom is -0.322 e. The molecule has 0 bridgehead atoms. The minimum atomic E-state index is -0.412. The summed E-state index contributed by atoms with van der Waals surface area (Å²) in [5, 5.41) is 9.31. The van der Waals surface area contributed by atoms with Crippen molar-refractivity contribution in [3.8, 4) is 5.00 Å². The Morgan fingerprint density at radius 3 is 2.50 bits per heavy atom. The molecule has 9 heteroatoms. The molecule has 0 atom stereocenters. The number of rotatable bonds is 5. The summed E-state index contributed by atoms with van der Waals surface area (Å²) in [6, 6.07) is 15.5. The van der Waals surface area contributed by atoms with Crippen molar-refractivity contribution >= 4 is 56.0 Å². The quantitative estimate of drug-likeness (QED) is 0.191. The highest BCUT2D eigenvalue weighted by molar-refractivity contribution is 9.10. The average Bonchev–Trinajstić information content (AvgIpc) is 3.49. The van der Waals surface area contributed by atoms with E-state index in [1.807, 2.05) is 77.9 Å². The fraction of sp³-hybridized carbons (Fsp3) is 0.314. The number of amides is 1. The van der Waals surface area contributed by atoms with Crippen molar-refractivity contribution in [3.05, 3.63) is 108 Å². The van der Waals surface area contributed by atoms with E-state index in [1.165, 1.54) is 15.1 Å². The van der Waals surface area contributed by atoms with Crippen molar-refractivity contribution < 1.29 is 4.79 Å². The molecule has 0 saturated heterocycles. The number of nitrogens with zero attached hydrogens (tertiary/aromatic N) is 4. The highest BCUT2D eigenvalue weighted by Gasteiger charge is 2.28. The first kappa shape index (κ1) is 30.2. The van der Waals surface area contributed by atoms with Crippen LogP contribution in [0.25, 0.3) is 15.9 Å². The molecule has 3 heterocycles. The number of aryl methyl sites for hydroxylation is 3. The van der Waals surface area contributed by atoms with E-state index in [-0.39, 0.29) is 11.5 Å². The van der Waals surface area contributed by atoms with Crippen LogP contribution in [0.15, 0.2) is 62.9 Å². The van der Waals surface area contributed by atoms with Crippen LogP contribution >= 0.6 is 27.3 Å². The number of anilines is 1. The Morgan fingerprint density at radius 2 is 1.77 bits per heavy atom. The van der Waals surface area contributed by atoms with E-state index in [1.54, 1.807) is 23.6 Å². The maximum Gasteiger partial charge on any atom is 0.282 e. The van der Waals surface area contributed by atoms with E-state index in [0.717, 1.165) is 68.9 Å². The predicted molar refractivity (Wildman–Crippen MR) is 184 cm³/mol. The molecular weight excluding hydrogens is 634 g/mol. The molecule has 3 aromatic heterocycles. The Hall–Kier alpha value is -3.82. The molecule has 1 aliphatic carbocycles. The highest BCUT2D eigenvalue weighted by Crippen LogP contribution is 2.39. The normalized spacial score (nSPS) is 13.5. The van der Waals surface area contributed by atoms with Crippen molar-refractivity contribution in [1.82, 2.24) is 14.2 Å². The molecule has 226 valence electrons. The lowest BCUT2D eigenvalue weighted by Crippen LogP contribution is -2.29. The van der Waals surface area contributed by atoms with Crippen LogP contribution in [0.4, 0.5) is 5.69 Å². The lowest BCUT2D eigenvalue weighted by atomic mass is 9.95. The molecule has 0 aliphatic heterocycles. The zero-order chi connectivity index (χ0) is 31.3. The van der Waals surface area contributed by atoms with Crippen LogP contribution < -0.4 is 10.9 Å². The summed E-state index contributed by atoms with van der Waals surface area (Å²) in [5.74, 6) is 0.504. The SMILES string of the molecule is Cc1ccc(NC(=O)c2c(-n3c(C)cc(C=Nn4c(C(C)(C)C)nc5ccc(Br)cc5c4=O)c3C)sc3c2CCCC3)cc1. The van der Waals surface area contributed by atoms with Gasteiger partial charge in [0.25, 0.3) is 11.5 Å². The number of benzene rings is 2. The number of fused-ring (bicyclic) bond motifs is 2. The van der Waals surface area contributed by atoms with Crippen LogP contribution in [0.1, 0.15) is 82.8 Å².